The lowest BCUT2D eigenvalue weighted by Crippen LogP contribution is -2.43. The number of carbonyl (C=O) groups excluding carboxylic acids is 1. The first-order chi connectivity index (χ1) is 9.08. The van der Waals surface area contributed by atoms with E-state index in [2.05, 4.69) is 15.5 Å². The van der Waals surface area contributed by atoms with E-state index in [4.69, 9.17) is 0 Å². The van der Waals surface area contributed by atoms with Gasteiger partial charge in [-0.25, -0.2) is 0 Å². The van der Waals surface area contributed by atoms with Crippen molar-refractivity contribution in [3.8, 4) is 0 Å². The maximum Gasteiger partial charge on any atom is 0.224 e. The Bertz CT molecular complexity index is 422. The first kappa shape index (κ1) is 14.1. The SMILES string of the molecule is Cc1n[nH]c(C)c1CC(=O)NC1CCCCCC1O. The fourth-order valence-corrected chi connectivity index (χ4v) is 2.71. The summed E-state index contributed by atoms with van der Waals surface area (Å²) in [5.41, 5.74) is 2.77. The maximum atomic E-state index is 12.1. The molecule has 2 atom stereocenters. The second-order valence-corrected chi connectivity index (χ2v) is 5.47. The molecule has 1 amide bonds. The number of carbonyl (C=O) groups is 1. The highest BCUT2D eigenvalue weighted by atomic mass is 16.3. The Balaban J connectivity index is 1.93. The summed E-state index contributed by atoms with van der Waals surface area (Å²) in [7, 11) is 0. The van der Waals surface area contributed by atoms with Crippen molar-refractivity contribution in [2.45, 2.75) is 64.5 Å². The Morgan fingerprint density at radius 1 is 1.37 bits per heavy atom. The molecule has 1 aromatic heterocycles. The molecule has 5 heteroatoms. The van der Waals surface area contributed by atoms with Gasteiger partial charge in [0.25, 0.3) is 0 Å². The largest absolute Gasteiger partial charge is 0.391 e. The number of nitrogens with one attached hydrogen (secondary N) is 2. The van der Waals surface area contributed by atoms with Gasteiger partial charge in [-0.15, -0.1) is 0 Å². The van der Waals surface area contributed by atoms with Crippen LogP contribution in [0.5, 0.6) is 0 Å². The first-order valence-electron chi connectivity index (χ1n) is 7.06. The van der Waals surface area contributed by atoms with Crippen LogP contribution in [0, 0.1) is 13.8 Å². The van der Waals surface area contributed by atoms with Crippen molar-refractivity contribution < 1.29 is 9.90 Å². The third-order valence-electron chi connectivity index (χ3n) is 3.94. The molecule has 106 valence electrons. The molecule has 1 aliphatic carbocycles. The van der Waals surface area contributed by atoms with E-state index in [1.807, 2.05) is 13.8 Å². The smallest absolute Gasteiger partial charge is 0.224 e. The van der Waals surface area contributed by atoms with Crippen LogP contribution < -0.4 is 5.32 Å². The molecule has 2 rings (SSSR count). The number of aromatic amines is 1. The molecule has 5 nitrogen and oxygen atoms in total. The number of hydrogen-bond acceptors (Lipinski definition) is 3. The first-order valence-corrected chi connectivity index (χ1v) is 7.06. The number of aliphatic hydroxyl groups is 1. The van der Waals surface area contributed by atoms with Crippen LogP contribution in [-0.2, 0) is 11.2 Å². The van der Waals surface area contributed by atoms with E-state index in [-0.39, 0.29) is 11.9 Å². The van der Waals surface area contributed by atoms with Crippen molar-refractivity contribution in [3.63, 3.8) is 0 Å². The Morgan fingerprint density at radius 2 is 2.11 bits per heavy atom. The summed E-state index contributed by atoms with van der Waals surface area (Å²) in [4.78, 5) is 12.1. The second-order valence-electron chi connectivity index (χ2n) is 5.47. The van der Waals surface area contributed by atoms with Gasteiger partial charge in [-0.1, -0.05) is 19.3 Å². The van der Waals surface area contributed by atoms with E-state index in [1.165, 1.54) is 0 Å². The van der Waals surface area contributed by atoms with E-state index in [0.717, 1.165) is 49.1 Å². The molecule has 0 bridgehead atoms. The standard InChI is InChI=1S/C14H23N3O2/c1-9-11(10(2)17-16-9)8-14(19)15-12-6-4-3-5-7-13(12)18/h12-13,18H,3-8H2,1-2H3,(H,15,19)(H,16,17). The van der Waals surface area contributed by atoms with Crippen LogP contribution >= 0.6 is 0 Å². The molecule has 19 heavy (non-hydrogen) atoms. The maximum absolute atomic E-state index is 12.1. The minimum Gasteiger partial charge on any atom is -0.391 e. The predicted octanol–water partition coefficient (Wildman–Crippen LogP) is 1.38. The van der Waals surface area contributed by atoms with Crippen molar-refractivity contribution in [1.29, 1.82) is 0 Å². The highest BCUT2D eigenvalue weighted by Gasteiger charge is 2.23. The Kier molecular flexibility index (Phi) is 4.58. The molecular weight excluding hydrogens is 242 g/mol. The van der Waals surface area contributed by atoms with Crippen LogP contribution in [0.3, 0.4) is 0 Å². The molecule has 2 unspecified atom stereocenters. The molecule has 1 aromatic rings. The number of hydrogen-bond donors (Lipinski definition) is 3. The fourth-order valence-electron chi connectivity index (χ4n) is 2.71. The van der Waals surface area contributed by atoms with Crippen molar-refractivity contribution in [3.05, 3.63) is 17.0 Å². The van der Waals surface area contributed by atoms with Crippen molar-refractivity contribution in [2.75, 3.05) is 0 Å². The predicted molar refractivity (Wildman–Crippen MR) is 72.8 cm³/mol. The lowest BCUT2D eigenvalue weighted by atomic mass is 10.0. The van der Waals surface area contributed by atoms with Gasteiger partial charge in [0.2, 0.25) is 5.91 Å². The fraction of sp³-hybridized carbons (Fsp3) is 0.714. The summed E-state index contributed by atoms with van der Waals surface area (Å²) >= 11 is 0. The van der Waals surface area contributed by atoms with Crippen LogP contribution in [-0.4, -0.2) is 33.4 Å². The molecule has 0 radical (unpaired) electrons. The zero-order chi connectivity index (χ0) is 13.8. The van der Waals surface area contributed by atoms with Crippen LogP contribution in [0.1, 0.15) is 49.1 Å². The summed E-state index contributed by atoms with van der Waals surface area (Å²) in [5, 5.41) is 19.9. The Hall–Kier alpha value is -1.36. The number of aromatic nitrogens is 2. The van der Waals surface area contributed by atoms with Gasteiger partial charge in [0.05, 0.1) is 24.3 Å². The highest BCUT2D eigenvalue weighted by Crippen LogP contribution is 2.18. The summed E-state index contributed by atoms with van der Waals surface area (Å²) in [6, 6.07) is -0.0949. The topological polar surface area (TPSA) is 78.0 Å². The van der Waals surface area contributed by atoms with Crippen LogP contribution in [0.15, 0.2) is 0 Å². The lowest BCUT2D eigenvalue weighted by Gasteiger charge is -2.21. The number of H-pyrrole nitrogens is 1. The summed E-state index contributed by atoms with van der Waals surface area (Å²) in [5.74, 6) is -0.0291. The Morgan fingerprint density at radius 3 is 2.79 bits per heavy atom. The van der Waals surface area contributed by atoms with Crippen molar-refractivity contribution in [1.82, 2.24) is 15.5 Å². The average molecular weight is 265 g/mol. The van der Waals surface area contributed by atoms with Crippen molar-refractivity contribution in [2.24, 2.45) is 0 Å². The number of rotatable bonds is 3. The zero-order valence-corrected chi connectivity index (χ0v) is 11.7. The molecule has 0 aromatic carbocycles. The molecular formula is C14H23N3O2. The van der Waals surface area contributed by atoms with Gasteiger partial charge >= 0.3 is 0 Å². The second kappa shape index (κ2) is 6.19. The summed E-state index contributed by atoms with van der Waals surface area (Å²) in [6.07, 6.45) is 4.85. The van der Waals surface area contributed by atoms with Crippen LogP contribution in [0.2, 0.25) is 0 Å². The van der Waals surface area contributed by atoms with Gasteiger partial charge < -0.3 is 10.4 Å². The van der Waals surface area contributed by atoms with E-state index in [1.54, 1.807) is 0 Å². The molecule has 1 heterocycles. The minimum absolute atomic E-state index is 0.0291. The van der Waals surface area contributed by atoms with Gasteiger partial charge in [-0.3, -0.25) is 9.89 Å². The van der Waals surface area contributed by atoms with Gasteiger partial charge in [0.1, 0.15) is 0 Å². The monoisotopic (exact) mass is 265 g/mol. The number of amides is 1. The van der Waals surface area contributed by atoms with Gasteiger partial charge in [0, 0.05) is 11.3 Å². The molecule has 0 saturated heterocycles. The number of aliphatic hydroxyl groups excluding tert-OH is 1. The lowest BCUT2D eigenvalue weighted by molar-refractivity contribution is -0.122. The molecule has 3 N–H and O–H groups in total. The van der Waals surface area contributed by atoms with Crippen molar-refractivity contribution >= 4 is 5.91 Å². The van der Waals surface area contributed by atoms with E-state index in [9.17, 15) is 9.90 Å². The van der Waals surface area contributed by atoms with E-state index in [0.29, 0.717) is 6.42 Å². The Labute approximate surface area is 113 Å². The quantitative estimate of drug-likeness (QED) is 0.722. The van der Waals surface area contributed by atoms with Crippen LogP contribution in [0.4, 0.5) is 0 Å². The highest BCUT2D eigenvalue weighted by molar-refractivity contribution is 5.79. The third kappa shape index (κ3) is 3.56. The minimum atomic E-state index is -0.405. The average Bonchev–Trinajstić information content (AvgIpc) is 2.57. The van der Waals surface area contributed by atoms with Gasteiger partial charge in [-0.2, -0.15) is 5.10 Å². The summed E-state index contributed by atoms with van der Waals surface area (Å²) < 4.78 is 0. The number of aryl methyl sites for hydroxylation is 2. The molecule has 1 fully saturated rings. The van der Waals surface area contributed by atoms with Gasteiger partial charge in [0.15, 0.2) is 0 Å². The summed E-state index contributed by atoms with van der Waals surface area (Å²) in [6.45, 7) is 3.82. The molecule has 1 saturated carbocycles. The van der Waals surface area contributed by atoms with E-state index >= 15 is 0 Å². The number of nitrogens with zero attached hydrogens (tertiary/aromatic N) is 1. The normalized spacial score (nSPS) is 23.9. The van der Waals surface area contributed by atoms with E-state index < -0.39 is 6.10 Å². The molecule has 0 aliphatic heterocycles. The van der Waals surface area contributed by atoms with Crippen LogP contribution in [0.25, 0.3) is 0 Å². The molecule has 0 spiro atoms. The molecule has 1 aliphatic rings. The van der Waals surface area contributed by atoms with Gasteiger partial charge in [-0.05, 0) is 26.7 Å². The zero-order valence-electron chi connectivity index (χ0n) is 11.7. The third-order valence-corrected chi connectivity index (χ3v) is 3.94.